The molecular formula is C13H24O2Si. The van der Waals surface area contributed by atoms with Gasteiger partial charge in [0, 0.05) is 12.7 Å². The fourth-order valence-corrected chi connectivity index (χ4v) is 5.11. The van der Waals surface area contributed by atoms with Crippen LogP contribution in [0.4, 0.5) is 0 Å². The van der Waals surface area contributed by atoms with Crippen LogP contribution in [0.1, 0.15) is 26.7 Å². The molecule has 0 aromatic carbocycles. The summed E-state index contributed by atoms with van der Waals surface area (Å²) in [6.07, 6.45) is 7.81. The second kappa shape index (κ2) is 4.63. The van der Waals surface area contributed by atoms with Gasteiger partial charge < -0.3 is 8.85 Å². The molecule has 2 nitrogen and oxygen atoms in total. The topological polar surface area (TPSA) is 18.5 Å². The first-order chi connectivity index (χ1) is 7.52. The highest BCUT2D eigenvalue weighted by Gasteiger charge is 2.41. The summed E-state index contributed by atoms with van der Waals surface area (Å²) in [6.45, 7) is 9.34. The molecule has 16 heavy (non-hydrogen) atoms. The zero-order valence-corrected chi connectivity index (χ0v) is 11.9. The highest BCUT2D eigenvalue weighted by molar-refractivity contribution is 6.64. The fraction of sp³-hybridized carbons (Fsp3) is 0.846. The highest BCUT2D eigenvalue weighted by atomic mass is 28.4. The van der Waals surface area contributed by atoms with Crippen molar-refractivity contribution in [1.29, 1.82) is 0 Å². The van der Waals surface area contributed by atoms with Crippen LogP contribution in [-0.2, 0) is 8.85 Å². The second-order valence-electron chi connectivity index (χ2n) is 5.60. The van der Waals surface area contributed by atoms with Crippen LogP contribution in [0, 0.1) is 17.8 Å². The third kappa shape index (κ3) is 2.58. The van der Waals surface area contributed by atoms with Crippen LogP contribution in [0.2, 0.25) is 13.1 Å². The van der Waals surface area contributed by atoms with Crippen molar-refractivity contribution in [3.63, 3.8) is 0 Å². The summed E-state index contributed by atoms with van der Waals surface area (Å²) < 4.78 is 11.9. The smallest absolute Gasteiger partial charge is 0.331 e. The van der Waals surface area contributed by atoms with Crippen LogP contribution >= 0.6 is 0 Å². The van der Waals surface area contributed by atoms with Gasteiger partial charge in [-0.3, -0.25) is 0 Å². The summed E-state index contributed by atoms with van der Waals surface area (Å²) >= 11 is 0. The molecule has 1 saturated carbocycles. The van der Waals surface area contributed by atoms with Gasteiger partial charge in [-0.25, -0.2) is 0 Å². The SMILES string of the molecule is CCO[Si](C)(C)OC(C)C1CC2C=CC1C2. The van der Waals surface area contributed by atoms with E-state index in [-0.39, 0.29) is 0 Å². The van der Waals surface area contributed by atoms with Gasteiger partial charge in [-0.2, -0.15) is 0 Å². The molecular weight excluding hydrogens is 216 g/mol. The zero-order chi connectivity index (χ0) is 11.8. The van der Waals surface area contributed by atoms with Gasteiger partial charge in [-0.05, 0) is 57.5 Å². The van der Waals surface area contributed by atoms with Crippen LogP contribution in [0.15, 0.2) is 12.2 Å². The van der Waals surface area contributed by atoms with Crippen LogP contribution < -0.4 is 0 Å². The van der Waals surface area contributed by atoms with Crippen molar-refractivity contribution in [2.75, 3.05) is 6.61 Å². The molecule has 92 valence electrons. The number of rotatable bonds is 5. The monoisotopic (exact) mass is 240 g/mol. The van der Waals surface area contributed by atoms with Gasteiger partial charge in [-0.15, -0.1) is 0 Å². The van der Waals surface area contributed by atoms with Crippen molar-refractivity contribution < 1.29 is 8.85 Å². The van der Waals surface area contributed by atoms with Gasteiger partial charge in [-0.1, -0.05) is 12.2 Å². The van der Waals surface area contributed by atoms with Crippen LogP contribution in [-0.4, -0.2) is 21.3 Å². The first-order valence-electron chi connectivity index (χ1n) is 6.52. The lowest BCUT2D eigenvalue weighted by Gasteiger charge is -2.32. The molecule has 0 heterocycles. The van der Waals surface area contributed by atoms with Crippen molar-refractivity contribution in [1.82, 2.24) is 0 Å². The molecule has 2 bridgehead atoms. The van der Waals surface area contributed by atoms with Gasteiger partial charge in [0.1, 0.15) is 0 Å². The Labute approximate surface area is 100 Å². The average Bonchev–Trinajstić information content (AvgIpc) is 2.77. The van der Waals surface area contributed by atoms with E-state index in [0.29, 0.717) is 6.10 Å². The summed E-state index contributed by atoms with van der Waals surface area (Å²) in [5.41, 5.74) is 0. The lowest BCUT2D eigenvalue weighted by molar-refractivity contribution is 0.0827. The Kier molecular flexibility index (Phi) is 3.57. The molecule has 0 amide bonds. The van der Waals surface area contributed by atoms with E-state index in [1.165, 1.54) is 12.8 Å². The maximum absolute atomic E-state index is 6.20. The fourth-order valence-electron chi connectivity index (χ4n) is 3.28. The molecule has 0 N–H and O–H groups in total. The van der Waals surface area contributed by atoms with E-state index in [1.54, 1.807) is 0 Å². The molecule has 2 rings (SSSR count). The van der Waals surface area contributed by atoms with Crippen molar-refractivity contribution in [2.24, 2.45) is 17.8 Å². The molecule has 0 aromatic rings. The van der Waals surface area contributed by atoms with Crippen LogP contribution in [0.3, 0.4) is 0 Å². The summed E-state index contributed by atoms with van der Waals surface area (Å²) in [6, 6.07) is 0. The van der Waals surface area contributed by atoms with Crippen LogP contribution in [0.5, 0.6) is 0 Å². The van der Waals surface area contributed by atoms with Crippen molar-refractivity contribution in [2.45, 2.75) is 45.9 Å². The van der Waals surface area contributed by atoms with Gasteiger partial charge in [0.15, 0.2) is 0 Å². The third-order valence-electron chi connectivity index (χ3n) is 3.89. The Morgan fingerprint density at radius 2 is 2.06 bits per heavy atom. The summed E-state index contributed by atoms with van der Waals surface area (Å²) in [4.78, 5) is 0. The van der Waals surface area contributed by atoms with E-state index in [2.05, 4.69) is 32.2 Å². The summed E-state index contributed by atoms with van der Waals surface area (Å²) in [5, 5.41) is 0. The maximum atomic E-state index is 6.20. The Morgan fingerprint density at radius 1 is 1.31 bits per heavy atom. The van der Waals surface area contributed by atoms with Crippen molar-refractivity contribution in [3.05, 3.63) is 12.2 Å². The molecule has 0 aliphatic heterocycles. The van der Waals surface area contributed by atoms with Crippen molar-refractivity contribution >= 4 is 8.56 Å². The van der Waals surface area contributed by atoms with Gasteiger partial charge in [0.05, 0.1) is 0 Å². The average molecular weight is 240 g/mol. The standard InChI is InChI=1S/C13H24O2Si/c1-5-14-16(3,4)15-10(2)13-9-11-6-7-12(13)8-11/h6-7,10-13H,5,8-9H2,1-4H3. The Morgan fingerprint density at radius 3 is 2.56 bits per heavy atom. The summed E-state index contributed by atoms with van der Waals surface area (Å²) in [7, 11) is -1.89. The van der Waals surface area contributed by atoms with E-state index in [1.807, 2.05) is 6.92 Å². The van der Waals surface area contributed by atoms with E-state index in [0.717, 1.165) is 24.4 Å². The highest BCUT2D eigenvalue weighted by Crippen LogP contribution is 2.45. The minimum atomic E-state index is -1.89. The molecule has 1 fully saturated rings. The summed E-state index contributed by atoms with van der Waals surface area (Å²) in [5.74, 6) is 2.33. The normalized spacial score (nSPS) is 34.6. The number of hydrogen-bond acceptors (Lipinski definition) is 2. The molecule has 2 aliphatic carbocycles. The van der Waals surface area contributed by atoms with E-state index in [9.17, 15) is 0 Å². The van der Waals surface area contributed by atoms with E-state index in [4.69, 9.17) is 8.85 Å². The zero-order valence-electron chi connectivity index (χ0n) is 10.9. The third-order valence-corrected chi connectivity index (χ3v) is 5.82. The van der Waals surface area contributed by atoms with E-state index >= 15 is 0 Å². The van der Waals surface area contributed by atoms with Crippen molar-refractivity contribution in [3.8, 4) is 0 Å². The van der Waals surface area contributed by atoms with Gasteiger partial charge >= 0.3 is 8.56 Å². The minimum absolute atomic E-state index is 0.355. The number of fused-ring (bicyclic) bond motifs is 2. The molecule has 0 radical (unpaired) electrons. The van der Waals surface area contributed by atoms with Gasteiger partial charge in [0.25, 0.3) is 0 Å². The molecule has 4 unspecified atom stereocenters. The molecule has 0 saturated heterocycles. The molecule has 2 aliphatic rings. The number of allylic oxidation sites excluding steroid dienone is 2. The van der Waals surface area contributed by atoms with E-state index < -0.39 is 8.56 Å². The second-order valence-corrected chi connectivity index (χ2v) is 8.92. The molecule has 3 heteroatoms. The molecule has 0 aromatic heterocycles. The first kappa shape index (κ1) is 12.3. The Bertz CT molecular complexity index is 275. The largest absolute Gasteiger partial charge is 0.395 e. The maximum Gasteiger partial charge on any atom is 0.331 e. The predicted molar refractivity (Wildman–Crippen MR) is 68.5 cm³/mol. The minimum Gasteiger partial charge on any atom is -0.395 e. The number of hydrogen-bond donors (Lipinski definition) is 0. The molecule has 0 spiro atoms. The first-order valence-corrected chi connectivity index (χ1v) is 9.33. The predicted octanol–water partition coefficient (Wildman–Crippen LogP) is 3.34. The van der Waals surface area contributed by atoms with Gasteiger partial charge in [0.2, 0.25) is 0 Å². The Balaban J connectivity index is 1.89. The molecule has 4 atom stereocenters. The lowest BCUT2D eigenvalue weighted by atomic mass is 9.89. The Hall–Kier alpha value is -0.123. The lowest BCUT2D eigenvalue weighted by Crippen LogP contribution is -2.41. The van der Waals surface area contributed by atoms with Crippen LogP contribution in [0.25, 0.3) is 0 Å². The quantitative estimate of drug-likeness (QED) is 0.542.